The van der Waals surface area contributed by atoms with Crippen molar-refractivity contribution in [2.75, 3.05) is 6.54 Å². The lowest BCUT2D eigenvalue weighted by atomic mass is 10.1. The molecule has 1 fully saturated rings. The molecule has 1 aromatic carbocycles. The van der Waals surface area contributed by atoms with Gasteiger partial charge in [0.1, 0.15) is 0 Å². The Hall–Kier alpha value is -1.11. The number of benzene rings is 1. The summed E-state index contributed by atoms with van der Waals surface area (Å²) in [4.78, 5) is 10.9. The number of sulfonamides is 1. The van der Waals surface area contributed by atoms with E-state index in [1.54, 1.807) is 0 Å². The minimum absolute atomic E-state index is 0.0207. The van der Waals surface area contributed by atoms with E-state index < -0.39 is 16.0 Å². The third-order valence-corrected chi connectivity index (χ3v) is 5.59. The quantitative estimate of drug-likeness (QED) is 0.839. The molecule has 0 aromatic heterocycles. The number of halogens is 1. The second-order valence-electron chi connectivity index (χ2n) is 5.28. The molecular weight excluding hydrogens is 314 g/mol. The summed E-state index contributed by atoms with van der Waals surface area (Å²) in [5.74, 6) is -0.657. The second-order valence-corrected chi connectivity index (χ2v) is 7.46. The lowest BCUT2D eigenvalue weighted by Gasteiger charge is -2.11. The fourth-order valence-corrected chi connectivity index (χ4v) is 3.89. The maximum Gasteiger partial charge on any atom is 0.337 e. The average molecular weight is 332 g/mol. The van der Waals surface area contributed by atoms with Gasteiger partial charge in [-0.05, 0) is 30.5 Å². The van der Waals surface area contributed by atoms with Crippen LogP contribution >= 0.6 is 11.6 Å². The van der Waals surface area contributed by atoms with E-state index >= 15 is 0 Å². The fraction of sp³-hybridized carbons (Fsp3) is 0.500. The molecule has 0 atom stereocenters. The minimum atomic E-state index is -3.70. The van der Waals surface area contributed by atoms with Crippen molar-refractivity contribution in [3.05, 3.63) is 28.8 Å². The van der Waals surface area contributed by atoms with Crippen molar-refractivity contribution in [1.82, 2.24) is 4.72 Å². The normalized spacial score (nSPS) is 16.2. The van der Waals surface area contributed by atoms with Gasteiger partial charge in [-0.2, -0.15) is 0 Å². The highest BCUT2D eigenvalue weighted by Crippen LogP contribution is 2.27. The number of carboxylic acids is 1. The largest absolute Gasteiger partial charge is 0.478 e. The van der Waals surface area contributed by atoms with Crippen molar-refractivity contribution in [1.29, 1.82) is 0 Å². The summed E-state index contributed by atoms with van der Waals surface area (Å²) in [7, 11) is -3.70. The molecule has 2 N–H and O–H groups in total. The van der Waals surface area contributed by atoms with Gasteiger partial charge >= 0.3 is 5.97 Å². The van der Waals surface area contributed by atoms with E-state index in [1.807, 2.05) is 0 Å². The van der Waals surface area contributed by atoms with E-state index in [2.05, 4.69) is 4.72 Å². The number of hydrogen-bond donors (Lipinski definition) is 2. The molecule has 7 heteroatoms. The summed E-state index contributed by atoms with van der Waals surface area (Å²) in [6.45, 7) is 0.373. The first-order chi connectivity index (χ1) is 9.90. The van der Waals surface area contributed by atoms with Gasteiger partial charge in [0.25, 0.3) is 0 Å². The fourth-order valence-electron chi connectivity index (χ4n) is 2.62. The Morgan fingerprint density at radius 1 is 1.33 bits per heavy atom. The van der Waals surface area contributed by atoms with Crippen LogP contribution in [0.4, 0.5) is 0 Å². The number of carbonyl (C=O) groups is 1. The van der Waals surface area contributed by atoms with Gasteiger partial charge in [-0.3, -0.25) is 0 Å². The van der Waals surface area contributed by atoms with Crippen molar-refractivity contribution >= 4 is 27.6 Å². The zero-order valence-corrected chi connectivity index (χ0v) is 13.1. The van der Waals surface area contributed by atoms with Crippen LogP contribution in [-0.2, 0) is 10.0 Å². The smallest absolute Gasteiger partial charge is 0.337 e. The van der Waals surface area contributed by atoms with Crippen LogP contribution in [0.1, 0.15) is 42.5 Å². The van der Waals surface area contributed by atoms with Gasteiger partial charge in [-0.1, -0.05) is 37.3 Å². The molecular formula is C14H18ClNO4S. The molecule has 116 valence electrons. The first kappa shape index (κ1) is 16.3. The lowest BCUT2D eigenvalue weighted by Crippen LogP contribution is -2.26. The molecule has 1 aromatic rings. The Morgan fingerprint density at radius 2 is 2.00 bits per heavy atom. The molecule has 0 spiro atoms. The first-order valence-corrected chi connectivity index (χ1v) is 8.79. The van der Waals surface area contributed by atoms with Gasteiger partial charge in [-0.15, -0.1) is 0 Å². The second kappa shape index (κ2) is 6.77. The van der Waals surface area contributed by atoms with Gasteiger partial charge < -0.3 is 5.11 Å². The Bertz CT molecular complexity index is 624. The monoisotopic (exact) mass is 331 g/mol. The SMILES string of the molecule is O=C(O)c1cc(S(=O)(=O)NCCC2CCCC2)ccc1Cl. The van der Waals surface area contributed by atoms with Crippen molar-refractivity contribution in [3.8, 4) is 0 Å². The van der Waals surface area contributed by atoms with Crippen molar-refractivity contribution in [3.63, 3.8) is 0 Å². The molecule has 0 aliphatic heterocycles. The van der Waals surface area contributed by atoms with E-state index in [0.29, 0.717) is 12.5 Å². The Kier molecular flexibility index (Phi) is 5.24. The van der Waals surface area contributed by atoms with Crippen LogP contribution < -0.4 is 4.72 Å². The highest BCUT2D eigenvalue weighted by Gasteiger charge is 2.20. The minimum Gasteiger partial charge on any atom is -0.478 e. The van der Waals surface area contributed by atoms with Crippen LogP contribution in [0.25, 0.3) is 0 Å². The standard InChI is InChI=1S/C14H18ClNO4S/c15-13-6-5-11(9-12(13)14(17)18)21(19,20)16-8-7-10-3-1-2-4-10/h5-6,9-10,16H,1-4,7-8H2,(H,17,18). The molecule has 1 aliphatic carbocycles. The molecule has 0 saturated heterocycles. The van der Waals surface area contributed by atoms with Gasteiger partial charge in [0.05, 0.1) is 15.5 Å². The summed E-state index contributed by atoms with van der Waals surface area (Å²) in [5, 5.41) is 9.00. The third kappa shape index (κ3) is 4.18. The zero-order valence-electron chi connectivity index (χ0n) is 11.5. The van der Waals surface area contributed by atoms with E-state index in [-0.39, 0.29) is 15.5 Å². The predicted octanol–water partition coefficient (Wildman–Crippen LogP) is 2.90. The van der Waals surface area contributed by atoms with Crippen molar-refractivity contribution < 1.29 is 18.3 Å². The van der Waals surface area contributed by atoms with Crippen molar-refractivity contribution in [2.45, 2.75) is 37.0 Å². The number of rotatable bonds is 6. The molecule has 5 nitrogen and oxygen atoms in total. The first-order valence-electron chi connectivity index (χ1n) is 6.92. The van der Waals surface area contributed by atoms with Crippen LogP contribution in [0.15, 0.2) is 23.1 Å². The molecule has 21 heavy (non-hydrogen) atoms. The Morgan fingerprint density at radius 3 is 2.62 bits per heavy atom. The van der Waals surface area contributed by atoms with Crippen LogP contribution in [0.2, 0.25) is 5.02 Å². The van der Waals surface area contributed by atoms with Crippen LogP contribution in [0.3, 0.4) is 0 Å². The number of nitrogens with one attached hydrogen (secondary N) is 1. The predicted molar refractivity (Wildman–Crippen MR) is 80.2 cm³/mol. The number of hydrogen-bond acceptors (Lipinski definition) is 3. The summed E-state index contributed by atoms with van der Waals surface area (Å²) in [5.41, 5.74) is -0.213. The third-order valence-electron chi connectivity index (χ3n) is 3.80. The highest BCUT2D eigenvalue weighted by molar-refractivity contribution is 7.89. The van der Waals surface area contributed by atoms with Crippen molar-refractivity contribution in [2.24, 2.45) is 5.92 Å². The molecule has 0 amide bonds. The molecule has 1 saturated carbocycles. The van der Waals surface area contributed by atoms with Gasteiger partial charge in [-0.25, -0.2) is 17.9 Å². The summed E-state index contributed by atoms with van der Waals surface area (Å²) in [6, 6.07) is 3.69. The molecule has 0 bridgehead atoms. The molecule has 2 rings (SSSR count). The summed E-state index contributed by atoms with van der Waals surface area (Å²) < 4.78 is 26.8. The Balaban J connectivity index is 2.04. The van der Waals surface area contributed by atoms with Gasteiger partial charge in [0.2, 0.25) is 10.0 Å². The molecule has 0 unspecified atom stereocenters. The van der Waals surface area contributed by atoms with E-state index in [1.165, 1.54) is 25.0 Å². The number of carboxylic acid groups (broad SMARTS) is 1. The van der Waals surface area contributed by atoms with E-state index in [4.69, 9.17) is 16.7 Å². The topological polar surface area (TPSA) is 83.5 Å². The van der Waals surface area contributed by atoms with Crippen LogP contribution in [0.5, 0.6) is 0 Å². The van der Waals surface area contributed by atoms with Crippen LogP contribution in [0, 0.1) is 5.92 Å². The highest BCUT2D eigenvalue weighted by atomic mass is 35.5. The zero-order chi connectivity index (χ0) is 15.5. The molecule has 0 radical (unpaired) electrons. The summed E-state index contributed by atoms with van der Waals surface area (Å²) in [6.07, 6.45) is 5.57. The van der Waals surface area contributed by atoms with Gasteiger partial charge in [0.15, 0.2) is 0 Å². The average Bonchev–Trinajstić information content (AvgIpc) is 2.91. The van der Waals surface area contributed by atoms with Gasteiger partial charge in [0, 0.05) is 6.54 Å². The molecule has 0 heterocycles. The lowest BCUT2D eigenvalue weighted by molar-refractivity contribution is 0.0697. The summed E-state index contributed by atoms with van der Waals surface area (Å²) >= 11 is 5.74. The maximum atomic E-state index is 12.1. The van der Waals surface area contributed by atoms with E-state index in [0.717, 1.165) is 25.3 Å². The molecule has 1 aliphatic rings. The Labute approximate surface area is 129 Å². The maximum absolute atomic E-state index is 12.1. The van der Waals surface area contributed by atoms with Crippen LogP contribution in [-0.4, -0.2) is 26.0 Å². The number of aromatic carboxylic acids is 1. The van der Waals surface area contributed by atoms with E-state index in [9.17, 15) is 13.2 Å².